The third kappa shape index (κ3) is 3.76. The quantitative estimate of drug-likeness (QED) is 0.796. The van der Waals surface area contributed by atoms with Gasteiger partial charge in [0, 0.05) is 10.7 Å². The maximum absolute atomic E-state index is 10.6. The first-order chi connectivity index (χ1) is 10.8. The summed E-state index contributed by atoms with van der Waals surface area (Å²) < 4.78 is 0. The highest BCUT2D eigenvalue weighted by Gasteiger charge is 2.29. The predicted octanol–water partition coefficient (Wildman–Crippen LogP) is 4.44. The van der Waals surface area contributed by atoms with Crippen molar-refractivity contribution in [3.8, 4) is 5.75 Å². The summed E-state index contributed by atoms with van der Waals surface area (Å²) >= 11 is 0. The lowest BCUT2D eigenvalue weighted by atomic mass is 9.93. The molecule has 0 spiro atoms. The second-order valence-corrected chi connectivity index (χ2v) is 8.50. The van der Waals surface area contributed by atoms with E-state index in [2.05, 4.69) is 45.0 Å². The SMILES string of the molecule is CCC(C)(Pc1ccc(C)cc1CO)c1cc(C)cc(C)c1O. The molecule has 0 aliphatic rings. The Morgan fingerprint density at radius 1 is 1.04 bits per heavy atom. The molecule has 0 aliphatic heterocycles. The van der Waals surface area contributed by atoms with E-state index in [0.29, 0.717) is 14.3 Å². The molecular weight excluding hydrogens is 303 g/mol. The van der Waals surface area contributed by atoms with Gasteiger partial charge in [0.25, 0.3) is 0 Å². The molecule has 0 bridgehead atoms. The van der Waals surface area contributed by atoms with E-state index in [0.717, 1.165) is 28.7 Å². The Hall–Kier alpha value is -1.37. The lowest BCUT2D eigenvalue weighted by molar-refractivity contribution is 0.283. The van der Waals surface area contributed by atoms with Gasteiger partial charge in [-0.1, -0.05) is 63.9 Å². The third-order valence-corrected chi connectivity index (χ3v) is 6.52. The van der Waals surface area contributed by atoms with Crippen molar-refractivity contribution in [1.82, 2.24) is 0 Å². The molecule has 2 unspecified atom stereocenters. The van der Waals surface area contributed by atoms with Crippen LogP contribution in [0.4, 0.5) is 0 Å². The van der Waals surface area contributed by atoms with Crippen LogP contribution in [0.3, 0.4) is 0 Å². The standard InChI is InChI=1S/C20H27O2P/c1-6-20(5,17-11-14(3)9-15(4)19(17)22)23-18-8-7-13(2)10-16(18)12-21/h7-11,21-23H,6,12H2,1-5H3. The number of aliphatic hydroxyl groups is 1. The lowest BCUT2D eigenvalue weighted by Gasteiger charge is -2.31. The summed E-state index contributed by atoms with van der Waals surface area (Å²) in [4.78, 5) is 0. The van der Waals surface area contributed by atoms with E-state index in [1.54, 1.807) is 0 Å². The number of aryl methyl sites for hydroxylation is 3. The van der Waals surface area contributed by atoms with Crippen molar-refractivity contribution in [2.24, 2.45) is 0 Å². The summed E-state index contributed by atoms with van der Waals surface area (Å²) in [5.41, 5.74) is 5.27. The second kappa shape index (κ2) is 7.03. The number of aromatic hydroxyl groups is 1. The Morgan fingerprint density at radius 2 is 1.74 bits per heavy atom. The number of hydrogen-bond donors (Lipinski definition) is 2. The molecule has 0 saturated carbocycles. The number of rotatable bonds is 5. The summed E-state index contributed by atoms with van der Waals surface area (Å²) in [6, 6.07) is 10.4. The van der Waals surface area contributed by atoms with Gasteiger partial charge in [-0.25, -0.2) is 0 Å². The summed E-state index contributed by atoms with van der Waals surface area (Å²) in [5.74, 6) is 0.408. The Bertz CT molecular complexity index is 709. The number of aliphatic hydroxyl groups excluding tert-OH is 1. The van der Waals surface area contributed by atoms with Gasteiger partial charge < -0.3 is 10.2 Å². The van der Waals surface area contributed by atoms with Crippen LogP contribution in [-0.2, 0) is 11.8 Å². The minimum absolute atomic E-state index is 0.0582. The van der Waals surface area contributed by atoms with Crippen molar-refractivity contribution in [3.63, 3.8) is 0 Å². The van der Waals surface area contributed by atoms with Crippen LogP contribution >= 0.6 is 8.58 Å². The highest BCUT2D eigenvalue weighted by Crippen LogP contribution is 2.48. The minimum atomic E-state index is -0.139. The number of hydrogen-bond acceptors (Lipinski definition) is 2. The van der Waals surface area contributed by atoms with Gasteiger partial charge in [0.2, 0.25) is 0 Å². The molecule has 3 heteroatoms. The van der Waals surface area contributed by atoms with E-state index in [1.165, 1.54) is 10.9 Å². The molecule has 0 heterocycles. The number of benzene rings is 2. The largest absolute Gasteiger partial charge is 0.507 e. The number of phenols is 1. The van der Waals surface area contributed by atoms with Crippen LogP contribution in [0.1, 0.15) is 48.1 Å². The van der Waals surface area contributed by atoms with Gasteiger partial charge in [-0.3, -0.25) is 0 Å². The van der Waals surface area contributed by atoms with E-state index >= 15 is 0 Å². The molecule has 2 aromatic rings. The molecule has 2 atom stereocenters. The van der Waals surface area contributed by atoms with E-state index in [4.69, 9.17) is 0 Å². The van der Waals surface area contributed by atoms with E-state index in [9.17, 15) is 10.2 Å². The second-order valence-electron chi connectivity index (χ2n) is 6.61. The van der Waals surface area contributed by atoms with Gasteiger partial charge in [-0.05, 0) is 43.6 Å². The average Bonchev–Trinajstić information content (AvgIpc) is 2.52. The van der Waals surface area contributed by atoms with Crippen molar-refractivity contribution in [2.45, 2.75) is 52.8 Å². The fraction of sp³-hybridized carbons (Fsp3) is 0.400. The first-order valence-electron chi connectivity index (χ1n) is 8.10. The zero-order valence-electron chi connectivity index (χ0n) is 14.7. The molecule has 0 aromatic heterocycles. The molecule has 0 aliphatic carbocycles. The molecule has 0 saturated heterocycles. The van der Waals surface area contributed by atoms with Gasteiger partial charge in [0.15, 0.2) is 0 Å². The molecular formula is C20H27O2P. The maximum Gasteiger partial charge on any atom is 0.122 e. The third-order valence-electron chi connectivity index (χ3n) is 4.59. The fourth-order valence-electron chi connectivity index (χ4n) is 3.00. The van der Waals surface area contributed by atoms with Crippen LogP contribution in [0, 0.1) is 20.8 Å². The summed E-state index contributed by atoms with van der Waals surface area (Å²) in [7, 11) is 0.497. The molecule has 124 valence electrons. The average molecular weight is 330 g/mol. The zero-order chi connectivity index (χ0) is 17.2. The van der Waals surface area contributed by atoms with E-state index in [1.807, 2.05) is 19.9 Å². The van der Waals surface area contributed by atoms with Gasteiger partial charge in [-0.2, -0.15) is 0 Å². The molecule has 23 heavy (non-hydrogen) atoms. The molecule has 2 nitrogen and oxygen atoms in total. The summed E-state index contributed by atoms with van der Waals surface area (Å²) in [5, 5.41) is 21.3. The van der Waals surface area contributed by atoms with Gasteiger partial charge in [-0.15, -0.1) is 0 Å². The Balaban J connectivity index is 2.50. The van der Waals surface area contributed by atoms with Crippen LogP contribution in [-0.4, -0.2) is 10.2 Å². The van der Waals surface area contributed by atoms with Gasteiger partial charge in [0.1, 0.15) is 5.75 Å². The van der Waals surface area contributed by atoms with Crippen LogP contribution < -0.4 is 5.30 Å². The molecule has 2 rings (SSSR count). The molecule has 0 radical (unpaired) electrons. The highest BCUT2D eigenvalue weighted by molar-refractivity contribution is 7.48. The Labute approximate surface area is 141 Å². The van der Waals surface area contributed by atoms with Crippen LogP contribution in [0.25, 0.3) is 0 Å². The molecule has 2 aromatic carbocycles. The van der Waals surface area contributed by atoms with Crippen LogP contribution in [0.15, 0.2) is 30.3 Å². The van der Waals surface area contributed by atoms with Crippen LogP contribution in [0.2, 0.25) is 0 Å². The monoisotopic (exact) mass is 330 g/mol. The fourth-order valence-corrected chi connectivity index (χ4v) is 4.57. The van der Waals surface area contributed by atoms with Gasteiger partial charge in [0.05, 0.1) is 6.61 Å². The molecule has 0 amide bonds. The van der Waals surface area contributed by atoms with Crippen molar-refractivity contribution in [1.29, 1.82) is 0 Å². The van der Waals surface area contributed by atoms with Crippen molar-refractivity contribution in [2.75, 3.05) is 0 Å². The maximum atomic E-state index is 10.6. The smallest absolute Gasteiger partial charge is 0.122 e. The summed E-state index contributed by atoms with van der Waals surface area (Å²) in [6.45, 7) is 10.5. The summed E-state index contributed by atoms with van der Waals surface area (Å²) in [6.07, 6.45) is 0.931. The van der Waals surface area contributed by atoms with E-state index in [-0.39, 0.29) is 11.8 Å². The van der Waals surface area contributed by atoms with Crippen molar-refractivity contribution >= 4 is 13.9 Å². The van der Waals surface area contributed by atoms with E-state index < -0.39 is 0 Å². The first kappa shape index (κ1) is 18.0. The first-order valence-corrected chi connectivity index (χ1v) is 9.10. The predicted molar refractivity (Wildman–Crippen MR) is 100 cm³/mol. The van der Waals surface area contributed by atoms with Gasteiger partial charge >= 0.3 is 0 Å². The topological polar surface area (TPSA) is 40.5 Å². The molecule has 0 fully saturated rings. The Kier molecular flexibility index (Phi) is 5.49. The van der Waals surface area contributed by atoms with Crippen molar-refractivity contribution in [3.05, 3.63) is 58.1 Å². The highest BCUT2D eigenvalue weighted by atomic mass is 31.1. The van der Waals surface area contributed by atoms with Crippen LogP contribution in [0.5, 0.6) is 5.75 Å². The Morgan fingerprint density at radius 3 is 2.35 bits per heavy atom. The minimum Gasteiger partial charge on any atom is -0.507 e. The number of phenolic OH excluding ortho intramolecular Hbond substituents is 1. The lowest BCUT2D eigenvalue weighted by Crippen LogP contribution is -2.20. The normalized spacial score (nSPS) is 14.3. The van der Waals surface area contributed by atoms with Crippen molar-refractivity contribution < 1.29 is 10.2 Å². The molecule has 2 N–H and O–H groups in total. The zero-order valence-corrected chi connectivity index (χ0v) is 15.7.